The molecule has 20 heavy (non-hydrogen) atoms. The van der Waals surface area contributed by atoms with Gasteiger partial charge in [-0.1, -0.05) is 0 Å². The van der Waals surface area contributed by atoms with Crippen LogP contribution in [0.3, 0.4) is 0 Å². The van der Waals surface area contributed by atoms with E-state index in [4.69, 9.17) is 5.73 Å². The second-order valence-electron chi connectivity index (χ2n) is 5.04. The van der Waals surface area contributed by atoms with Crippen LogP contribution >= 0.6 is 12.4 Å². The molecular weight excluding hydrogens is 278 g/mol. The smallest absolute Gasteiger partial charge is 0.222 e. The van der Waals surface area contributed by atoms with Crippen molar-refractivity contribution in [2.75, 3.05) is 26.2 Å². The zero-order valence-corrected chi connectivity index (χ0v) is 13.5. The summed E-state index contributed by atoms with van der Waals surface area (Å²) >= 11 is 0. The van der Waals surface area contributed by atoms with Crippen LogP contribution in [0, 0.1) is 0 Å². The van der Waals surface area contributed by atoms with Gasteiger partial charge in [0.25, 0.3) is 0 Å². The van der Waals surface area contributed by atoms with Crippen LogP contribution in [0.5, 0.6) is 0 Å². The Morgan fingerprint density at radius 3 is 2.45 bits per heavy atom. The van der Waals surface area contributed by atoms with E-state index in [0.29, 0.717) is 25.8 Å². The summed E-state index contributed by atoms with van der Waals surface area (Å²) in [7, 11) is 0. The summed E-state index contributed by atoms with van der Waals surface area (Å²) in [6, 6.07) is 0.214. The van der Waals surface area contributed by atoms with Crippen LogP contribution in [0.15, 0.2) is 0 Å². The largest absolute Gasteiger partial charge is 0.343 e. The molecule has 2 N–H and O–H groups in total. The minimum Gasteiger partial charge on any atom is -0.343 e. The molecule has 1 atom stereocenters. The molecule has 2 amide bonds. The van der Waals surface area contributed by atoms with Gasteiger partial charge in [0, 0.05) is 45.1 Å². The van der Waals surface area contributed by atoms with Gasteiger partial charge in [-0.25, -0.2) is 0 Å². The molecule has 1 saturated heterocycles. The normalized spacial score (nSPS) is 17.8. The molecule has 0 radical (unpaired) electrons. The number of rotatable bonds is 7. The number of hydrogen-bond donors (Lipinski definition) is 1. The molecule has 1 fully saturated rings. The number of hydrogen-bond acceptors (Lipinski definition) is 3. The van der Waals surface area contributed by atoms with Gasteiger partial charge in [0.1, 0.15) is 0 Å². The highest BCUT2D eigenvalue weighted by Crippen LogP contribution is 2.18. The fourth-order valence-electron chi connectivity index (χ4n) is 2.68. The number of carbonyl (C=O) groups is 2. The van der Waals surface area contributed by atoms with Crippen LogP contribution in [0.4, 0.5) is 0 Å². The highest BCUT2D eigenvalue weighted by Gasteiger charge is 2.27. The number of halogens is 1. The van der Waals surface area contributed by atoms with Crippen LogP contribution < -0.4 is 5.73 Å². The van der Waals surface area contributed by atoms with E-state index >= 15 is 0 Å². The van der Waals surface area contributed by atoms with Gasteiger partial charge < -0.3 is 15.5 Å². The van der Waals surface area contributed by atoms with Gasteiger partial charge in [-0.2, -0.15) is 0 Å². The molecule has 1 aliphatic rings. The van der Waals surface area contributed by atoms with Crippen molar-refractivity contribution in [2.24, 2.45) is 5.73 Å². The molecule has 1 aliphatic heterocycles. The first-order valence-corrected chi connectivity index (χ1v) is 7.41. The van der Waals surface area contributed by atoms with Crippen molar-refractivity contribution < 1.29 is 9.59 Å². The Bertz CT molecular complexity index is 309. The van der Waals surface area contributed by atoms with Gasteiger partial charge in [-0.15, -0.1) is 12.4 Å². The third kappa shape index (κ3) is 5.29. The van der Waals surface area contributed by atoms with Gasteiger partial charge in [-0.3, -0.25) is 9.59 Å². The first-order valence-electron chi connectivity index (χ1n) is 7.41. The lowest BCUT2D eigenvalue weighted by atomic mass is 10.2. The Morgan fingerprint density at radius 2 is 1.90 bits per heavy atom. The molecule has 0 saturated carbocycles. The van der Waals surface area contributed by atoms with Crippen LogP contribution in [-0.4, -0.2) is 53.8 Å². The summed E-state index contributed by atoms with van der Waals surface area (Å²) in [5, 5.41) is 0. The fraction of sp³-hybridized carbons (Fsp3) is 0.857. The molecule has 1 heterocycles. The average molecular weight is 306 g/mol. The van der Waals surface area contributed by atoms with E-state index in [9.17, 15) is 9.59 Å². The summed E-state index contributed by atoms with van der Waals surface area (Å²) in [6.07, 6.45) is 3.63. The predicted molar refractivity (Wildman–Crippen MR) is 82.8 cm³/mol. The summed E-state index contributed by atoms with van der Waals surface area (Å²) in [6.45, 7) is 6.80. The van der Waals surface area contributed by atoms with Gasteiger partial charge in [-0.05, 0) is 33.1 Å². The highest BCUT2D eigenvalue weighted by atomic mass is 35.5. The van der Waals surface area contributed by atoms with Gasteiger partial charge in [0.05, 0.1) is 0 Å². The Morgan fingerprint density at radius 1 is 1.25 bits per heavy atom. The van der Waals surface area contributed by atoms with Crippen molar-refractivity contribution >= 4 is 24.2 Å². The lowest BCUT2D eigenvalue weighted by Crippen LogP contribution is -2.40. The Kier molecular flexibility index (Phi) is 9.59. The van der Waals surface area contributed by atoms with E-state index in [2.05, 4.69) is 0 Å². The summed E-state index contributed by atoms with van der Waals surface area (Å²) < 4.78 is 0. The maximum atomic E-state index is 12.1. The van der Waals surface area contributed by atoms with E-state index in [0.717, 1.165) is 32.5 Å². The Labute approximate surface area is 128 Å². The summed E-state index contributed by atoms with van der Waals surface area (Å²) in [5.41, 5.74) is 5.66. The second kappa shape index (κ2) is 10.00. The Hall–Kier alpha value is -0.810. The molecule has 6 heteroatoms. The summed E-state index contributed by atoms with van der Waals surface area (Å²) in [5.74, 6) is 0.301. The highest BCUT2D eigenvalue weighted by molar-refractivity contribution is 5.85. The number of carbonyl (C=O) groups excluding carboxylic acids is 2. The number of amides is 2. The third-order valence-electron chi connectivity index (χ3n) is 3.87. The Balaban J connectivity index is 0.00000361. The molecule has 0 aliphatic carbocycles. The third-order valence-corrected chi connectivity index (χ3v) is 3.87. The summed E-state index contributed by atoms with van der Waals surface area (Å²) in [4.78, 5) is 27.6. The zero-order valence-electron chi connectivity index (χ0n) is 12.6. The first-order chi connectivity index (χ1) is 9.13. The van der Waals surface area contributed by atoms with Crippen LogP contribution in [-0.2, 0) is 9.59 Å². The molecule has 118 valence electrons. The molecular formula is C14H28ClN3O2. The molecule has 0 aromatic heterocycles. The SMILES string of the molecule is CCN(CC)C(=O)CCCC(=O)N1CCCC1CN.Cl. The molecule has 1 unspecified atom stereocenters. The van der Waals surface area contributed by atoms with Crippen molar-refractivity contribution in [1.29, 1.82) is 0 Å². The number of likely N-dealkylation sites (tertiary alicyclic amines) is 1. The quantitative estimate of drug-likeness (QED) is 0.773. The predicted octanol–water partition coefficient (Wildman–Crippen LogP) is 1.40. The van der Waals surface area contributed by atoms with Gasteiger partial charge >= 0.3 is 0 Å². The topological polar surface area (TPSA) is 66.6 Å². The molecule has 1 rings (SSSR count). The maximum absolute atomic E-state index is 12.1. The van der Waals surface area contributed by atoms with E-state index in [-0.39, 0.29) is 30.3 Å². The van der Waals surface area contributed by atoms with E-state index in [1.807, 2.05) is 23.6 Å². The van der Waals surface area contributed by atoms with Crippen molar-refractivity contribution in [2.45, 2.75) is 52.0 Å². The standard InChI is InChI=1S/C14H27N3O2.ClH/c1-3-16(4-2)13(18)8-5-9-14(19)17-10-6-7-12(17)11-15;/h12H,3-11,15H2,1-2H3;1H. The van der Waals surface area contributed by atoms with Gasteiger partial charge in [0.15, 0.2) is 0 Å². The zero-order chi connectivity index (χ0) is 14.3. The minimum atomic E-state index is 0. The van der Waals surface area contributed by atoms with Crippen LogP contribution in [0.2, 0.25) is 0 Å². The van der Waals surface area contributed by atoms with E-state index in [1.54, 1.807) is 0 Å². The van der Waals surface area contributed by atoms with Crippen molar-refractivity contribution in [3.05, 3.63) is 0 Å². The van der Waals surface area contributed by atoms with Crippen LogP contribution in [0.25, 0.3) is 0 Å². The fourth-order valence-corrected chi connectivity index (χ4v) is 2.68. The minimum absolute atomic E-state index is 0. The first kappa shape index (κ1) is 19.2. The van der Waals surface area contributed by atoms with Gasteiger partial charge in [0.2, 0.25) is 11.8 Å². The van der Waals surface area contributed by atoms with E-state index in [1.165, 1.54) is 0 Å². The molecule has 0 spiro atoms. The van der Waals surface area contributed by atoms with Crippen LogP contribution in [0.1, 0.15) is 46.0 Å². The van der Waals surface area contributed by atoms with Crippen molar-refractivity contribution in [3.63, 3.8) is 0 Å². The van der Waals surface area contributed by atoms with Crippen molar-refractivity contribution in [3.8, 4) is 0 Å². The lowest BCUT2D eigenvalue weighted by Gasteiger charge is -2.23. The second-order valence-corrected chi connectivity index (χ2v) is 5.04. The lowest BCUT2D eigenvalue weighted by molar-refractivity contribution is -0.133. The molecule has 0 bridgehead atoms. The molecule has 0 aromatic carbocycles. The number of nitrogens with zero attached hydrogens (tertiary/aromatic N) is 2. The van der Waals surface area contributed by atoms with Crippen molar-refractivity contribution in [1.82, 2.24) is 9.80 Å². The maximum Gasteiger partial charge on any atom is 0.222 e. The molecule has 0 aromatic rings. The monoisotopic (exact) mass is 305 g/mol. The average Bonchev–Trinajstić information content (AvgIpc) is 2.88. The number of nitrogens with two attached hydrogens (primary N) is 1. The van der Waals surface area contributed by atoms with E-state index < -0.39 is 0 Å². The molecule has 5 nitrogen and oxygen atoms in total.